The Morgan fingerprint density at radius 3 is 2.48 bits per heavy atom. The molecule has 0 atom stereocenters. The molecule has 0 radical (unpaired) electrons. The average Bonchev–Trinajstić information content (AvgIpc) is 2.48. The van der Waals surface area contributed by atoms with E-state index < -0.39 is 17.1 Å². The maximum absolute atomic E-state index is 12.5. The fourth-order valence-electron chi connectivity index (χ4n) is 2.49. The summed E-state index contributed by atoms with van der Waals surface area (Å²) in [6, 6.07) is 6.21. The summed E-state index contributed by atoms with van der Waals surface area (Å²) < 4.78 is 6.50. The van der Waals surface area contributed by atoms with Crippen LogP contribution < -0.4 is 10.9 Å². The minimum Gasteiger partial charge on any atom is -0.459 e. The van der Waals surface area contributed by atoms with Gasteiger partial charge in [-0.05, 0) is 45.9 Å². The fraction of sp³-hybridized carbons (Fsp3) is 0.368. The summed E-state index contributed by atoms with van der Waals surface area (Å²) in [6.07, 6.45) is 0. The number of halogens is 1. The van der Waals surface area contributed by atoms with Crippen molar-refractivity contribution in [3.8, 4) is 11.3 Å². The van der Waals surface area contributed by atoms with Gasteiger partial charge in [0.2, 0.25) is 5.91 Å². The van der Waals surface area contributed by atoms with Crippen LogP contribution in [0.2, 0.25) is 5.02 Å². The lowest BCUT2D eigenvalue weighted by molar-refractivity contribution is -0.155. The molecule has 144 valence electrons. The topological polar surface area (TPSA) is 90.3 Å². The van der Waals surface area contributed by atoms with E-state index >= 15 is 0 Å². The number of nitrogens with one attached hydrogen (secondary N) is 1. The van der Waals surface area contributed by atoms with E-state index in [1.54, 1.807) is 45.9 Å². The van der Waals surface area contributed by atoms with Gasteiger partial charge < -0.3 is 10.1 Å². The maximum Gasteiger partial charge on any atom is 0.326 e. The molecule has 0 spiro atoms. The summed E-state index contributed by atoms with van der Waals surface area (Å²) in [4.78, 5) is 40.4. The van der Waals surface area contributed by atoms with Crippen LogP contribution in [0.4, 0.5) is 5.69 Å². The number of hydrogen-bond donors (Lipinski definition) is 1. The Morgan fingerprint density at radius 1 is 1.26 bits per heavy atom. The minimum atomic E-state index is -0.640. The number of amides is 1. The first kappa shape index (κ1) is 20.6. The summed E-state index contributed by atoms with van der Waals surface area (Å²) in [6.45, 7) is 8.05. The molecule has 0 fully saturated rings. The molecule has 1 aromatic heterocycles. The van der Waals surface area contributed by atoms with Gasteiger partial charge in [0, 0.05) is 23.6 Å². The molecule has 2 rings (SSSR count). The number of rotatable bonds is 4. The first-order valence-electron chi connectivity index (χ1n) is 8.34. The number of anilines is 1. The number of nitrogens with zero attached hydrogens (tertiary/aromatic N) is 2. The summed E-state index contributed by atoms with van der Waals surface area (Å²) in [5.41, 5.74) is 0.342. The van der Waals surface area contributed by atoms with E-state index in [1.165, 1.54) is 17.6 Å². The number of hydrogen-bond acceptors (Lipinski definition) is 5. The van der Waals surface area contributed by atoms with Gasteiger partial charge in [-0.3, -0.25) is 19.0 Å². The van der Waals surface area contributed by atoms with Crippen LogP contribution in [0.1, 0.15) is 33.5 Å². The van der Waals surface area contributed by atoms with E-state index in [9.17, 15) is 14.4 Å². The van der Waals surface area contributed by atoms with Crippen LogP contribution in [0, 0.1) is 6.92 Å². The summed E-state index contributed by atoms with van der Waals surface area (Å²) >= 11 is 6.00. The van der Waals surface area contributed by atoms with Gasteiger partial charge in [0.25, 0.3) is 5.56 Å². The molecule has 7 nitrogen and oxygen atoms in total. The normalized spacial score (nSPS) is 11.2. The van der Waals surface area contributed by atoms with Gasteiger partial charge in [-0.25, -0.2) is 4.98 Å². The van der Waals surface area contributed by atoms with Crippen LogP contribution in [0.5, 0.6) is 0 Å². The largest absolute Gasteiger partial charge is 0.459 e. The lowest BCUT2D eigenvalue weighted by Crippen LogP contribution is -2.32. The third-order valence-electron chi connectivity index (χ3n) is 3.47. The molecule has 0 unspecified atom stereocenters. The first-order valence-corrected chi connectivity index (χ1v) is 8.72. The SMILES string of the molecule is CC(=O)Nc1cc(Cl)ccc1-c1cc(=O)n(CC(=O)OC(C)(C)C)c(C)n1. The van der Waals surface area contributed by atoms with E-state index in [0.29, 0.717) is 27.8 Å². The second kappa shape index (κ2) is 7.92. The lowest BCUT2D eigenvalue weighted by Gasteiger charge is -2.20. The molecule has 0 bridgehead atoms. The highest BCUT2D eigenvalue weighted by molar-refractivity contribution is 6.31. The number of esters is 1. The summed E-state index contributed by atoms with van der Waals surface area (Å²) in [7, 11) is 0. The van der Waals surface area contributed by atoms with Crippen LogP contribution in [-0.2, 0) is 20.9 Å². The van der Waals surface area contributed by atoms with Crippen molar-refractivity contribution in [1.29, 1.82) is 0 Å². The standard InChI is InChI=1S/C19H22ClN3O4/c1-11-21-16(14-7-6-13(20)8-15(14)22-12(2)24)9-17(25)23(11)10-18(26)27-19(3,4)5/h6-9H,10H2,1-5H3,(H,22,24). The van der Waals surface area contributed by atoms with E-state index in [-0.39, 0.29) is 12.5 Å². The van der Waals surface area contributed by atoms with E-state index in [1.807, 2.05) is 0 Å². The highest BCUT2D eigenvalue weighted by Gasteiger charge is 2.19. The van der Waals surface area contributed by atoms with Crippen LogP contribution in [0.3, 0.4) is 0 Å². The highest BCUT2D eigenvalue weighted by atomic mass is 35.5. The quantitative estimate of drug-likeness (QED) is 0.808. The zero-order chi connectivity index (χ0) is 20.4. The van der Waals surface area contributed by atoms with E-state index in [0.717, 1.165) is 0 Å². The second-order valence-corrected chi connectivity index (χ2v) is 7.51. The molecule has 0 aliphatic rings. The number of aromatic nitrogens is 2. The third kappa shape index (κ3) is 5.65. The lowest BCUT2D eigenvalue weighted by atomic mass is 10.1. The van der Waals surface area contributed by atoms with Crippen molar-refractivity contribution in [1.82, 2.24) is 9.55 Å². The molecular formula is C19H22ClN3O4. The van der Waals surface area contributed by atoms with Crippen molar-refractivity contribution in [2.24, 2.45) is 0 Å². The Labute approximate surface area is 162 Å². The number of benzene rings is 1. The summed E-state index contributed by atoms with van der Waals surface area (Å²) in [5, 5.41) is 3.12. The molecule has 1 aromatic carbocycles. The van der Waals surface area contributed by atoms with Crippen molar-refractivity contribution in [2.45, 2.75) is 46.8 Å². The highest BCUT2D eigenvalue weighted by Crippen LogP contribution is 2.29. The molecule has 27 heavy (non-hydrogen) atoms. The van der Waals surface area contributed by atoms with E-state index in [2.05, 4.69) is 10.3 Å². The number of carbonyl (C=O) groups excluding carboxylic acids is 2. The number of ether oxygens (including phenoxy) is 1. The predicted molar refractivity (Wildman–Crippen MR) is 104 cm³/mol. The molecule has 0 saturated carbocycles. The maximum atomic E-state index is 12.5. The molecule has 1 heterocycles. The zero-order valence-corrected chi connectivity index (χ0v) is 16.7. The molecule has 1 N–H and O–H groups in total. The monoisotopic (exact) mass is 391 g/mol. The molecule has 8 heteroatoms. The zero-order valence-electron chi connectivity index (χ0n) is 15.9. The molecule has 2 aromatic rings. The number of aryl methyl sites for hydroxylation is 1. The van der Waals surface area contributed by atoms with Crippen LogP contribution in [-0.4, -0.2) is 27.0 Å². The van der Waals surface area contributed by atoms with Crippen LogP contribution in [0.25, 0.3) is 11.3 Å². The Bertz CT molecular complexity index is 945. The van der Waals surface area contributed by atoms with Gasteiger partial charge in [0.1, 0.15) is 18.0 Å². The smallest absolute Gasteiger partial charge is 0.326 e. The molecular weight excluding hydrogens is 370 g/mol. The van der Waals surface area contributed by atoms with Gasteiger partial charge in [-0.1, -0.05) is 11.6 Å². The Hall–Kier alpha value is -2.67. The Balaban J connectivity index is 2.42. The average molecular weight is 392 g/mol. The Morgan fingerprint density at radius 2 is 1.93 bits per heavy atom. The van der Waals surface area contributed by atoms with Gasteiger partial charge in [-0.15, -0.1) is 0 Å². The van der Waals surface area contributed by atoms with E-state index in [4.69, 9.17) is 16.3 Å². The summed E-state index contributed by atoms with van der Waals surface area (Å²) in [5.74, 6) is -0.437. The van der Waals surface area contributed by atoms with Crippen LogP contribution >= 0.6 is 11.6 Å². The van der Waals surface area contributed by atoms with Gasteiger partial charge >= 0.3 is 5.97 Å². The van der Waals surface area contributed by atoms with Crippen molar-refractivity contribution in [3.05, 3.63) is 45.5 Å². The van der Waals surface area contributed by atoms with Crippen LogP contribution in [0.15, 0.2) is 29.1 Å². The van der Waals surface area contributed by atoms with Crippen molar-refractivity contribution in [3.63, 3.8) is 0 Å². The third-order valence-corrected chi connectivity index (χ3v) is 3.71. The van der Waals surface area contributed by atoms with Gasteiger partial charge in [0.05, 0.1) is 11.4 Å². The molecule has 0 aliphatic heterocycles. The predicted octanol–water partition coefficient (Wildman–Crippen LogP) is 3.17. The molecule has 0 aliphatic carbocycles. The Kier molecular flexibility index (Phi) is 6.05. The van der Waals surface area contributed by atoms with Gasteiger partial charge in [-0.2, -0.15) is 0 Å². The van der Waals surface area contributed by atoms with Crippen molar-refractivity contribution in [2.75, 3.05) is 5.32 Å². The molecule has 1 amide bonds. The van der Waals surface area contributed by atoms with Crippen molar-refractivity contribution < 1.29 is 14.3 Å². The minimum absolute atomic E-state index is 0.228. The second-order valence-electron chi connectivity index (χ2n) is 7.07. The van der Waals surface area contributed by atoms with Gasteiger partial charge in [0.15, 0.2) is 0 Å². The number of carbonyl (C=O) groups is 2. The van der Waals surface area contributed by atoms with Crippen molar-refractivity contribution >= 4 is 29.2 Å². The first-order chi connectivity index (χ1) is 12.5. The fourth-order valence-corrected chi connectivity index (χ4v) is 2.66. The molecule has 0 saturated heterocycles.